The standard InChI is InChI=1S/C10H11BrF2N2O/c11-8-3-1-7(2-4-8)9(16)15-6-10(12,13)5-14/h1-4H,5-6,14H2,(H,15,16). The molecule has 3 nitrogen and oxygen atoms in total. The van der Waals surface area contributed by atoms with Crippen LogP contribution in [0.4, 0.5) is 8.78 Å². The number of nitrogens with one attached hydrogen (secondary N) is 1. The van der Waals surface area contributed by atoms with Crippen molar-refractivity contribution in [3.63, 3.8) is 0 Å². The van der Waals surface area contributed by atoms with Crippen LogP contribution in [0.15, 0.2) is 28.7 Å². The molecule has 88 valence electrons. The highest BCUT2D eigenvalue weighted by Crippen LogP contribution is 2.12. The van der Waals surface area contributed by atoms with Gasteiger partial charge in [-0.2, -0.15) is 0 Å². The lowest BCUT2D eigenvalue weighted by Crippen LogP contribution is -2.41. The first-order valence-corrected chi connectivity index (χ1v) is 5.35. The van der Waals surface area contributed by atoms with E-state index >= 15 is 0 Å². The Bertz CT molecular complexity index is 368. The van der Waals surface area contributed by atoms with Crippen LogP contribution in [0.25, 0.3) is 0 Å². The van der Waals surface area contributed by atoms with Gasteiger partial charge in [-0.15, -0.1) is 0 Å². The van der Waals surface area contributed by atoms with Crippen molar-refractivity contribution in [2.45, 2.75) is 5.92 Å². The molecule has 1 rings (SSSR count). The lowest BCUT2D eigenvalue weighted by Gasteiger charge is -2.14. The second-order valence-corrected chi connectivity index (χ2v) is 4.17. The van der Waals surface area contributed by atoms with E-state index in [1.165, 1.54) is 0 Å². The van der Waals surface area contributed by atoms with Crippen LogP contribution in [-0.2, 0) is 0 Å². The SMILES string of the molecule is NCC(F)(F)CNC(=O)c1ccc(Br)cc1. The molecule has 0 unspecified atom stereocenters. The molecule has 1 amide bonds. The summed E-state index contributed by atoms with van der Waals surface area (Å²) in [6.45, 7) is -1.54. The summed E-state index contributed by atoms with van der Waals surface area (Å²) >= 11 is 3.21. The van der Waals surface area contributed by atoms with E-state index in [0.29, 0.717) is 5.56 Å². The van der Waals surface area contributed by atoms with Crippen molar-refractivity contribution >= 4 is 21.8 Å². The van der Waals surface area contributed by atoms with E-state index < -0.39 is 24.9 Å². The van der Waals surface area contributed by atoms with Gasteiger partial charge in [-0.3, -0.25) is 4.79 Å². The number of benzene rings is 1. The minimum absolute atomic E-state index is 0.330. The van der Waals surface area contributed by atoms with Gasteiger partial charge in [0.15, 0.2) is 0 Å². The minimum Gasteiger partial charge on any atom is -0.346 e. The summed E-state index contributed by atoms with van der Waals surface area (Å²) in [4.78, 5) is 11.4. The number of hydrogen-bond donors (Lipinski definition) is 2. The molecule has 6 heteroatoms. The second kappa shape index (κ2) is 5.36. The van der Waals surface area contributed by atoms with Crippen molar-refractivity contribution in [2.24, 2.45) is 5.73 Å². The fourth-order valence-electron chi connectivity index (χ4n) is 0.985. The van der Waals surface area contributed by atoms with Crippen molar-refractivity contribution < 1.29 is 13.6 Å². The van der Waals surface area contributed by atoms with E-state index in [9.17, 15) is 13.6 Å². The summed E-state index contributed by atoms with van der Waals surface area (Å²) in [5.41, 5.74) is 5.17. The second-order valence-electron chi connectivity index (χ2n) is 3.25. The van der Waals surface area contributed by atoms with Gasteiger partial charge in [-0.05, 0) is 24.3 Å². The molecular weight excluding hydrogens is 282 g/mol. The first kappa shape index (κ1) is 13.1. The molecule has 1 aromatic rings. The molecule has 0 saturated heterocycles. The molecule has 0 heterocycles. The van der Waals surface area contributed by atoms with Gasteiger partial charge in [0.1, 0.15) is 0 Å². The summed E-state index contributed by atoms with van der Waals surface area (Å²) in [5.74, 6) is -3.61. The van der Waals surface area contributed by atoms with Gasteiger partial charge in [0.25, 0.3) is 11.8 Å². The van der Waals surface area contributed by atoms with E-state index in [2.05, 4.69) is 21.2 Å². The number of hydrogen-bond acceptors (Lipinski definition) is 2. The van der Waals surface area contributed by atoms with Gasteiger partial charge in [-0.1, -0.05) is 15.9 Å². The van der Waals surface area contributed by atoms with Crippen LogP contribution in [0.5, 0.6) is 0 Å². The Labute approximate surface area is 100 Å². The Balaban J connectivity index is 2.56. The summed E-state index contributed by atoms with van der Waals surface area (Å²) in [5, 5.41) is 2.13. The highest BCUT2D eigenvalue weighted by Gasteiger charge is 2.27. The average Bonchev–Trinajstić information content (AvgIpc) is 2.27. The zero-order valence-electron chi connectivity index (χ0n) is 8.34. The van der Waals surface area contributed by atoms with Crippen molar-refractivity contribution in [3.8, 4) is 0 Å². The van der Waals surface area contributed by atoms with Gasteiger partial charge in [0.2, 0.25) is 0 Å². The van der Waals surface area contributed by atoms with Crippen LogP contribution in [-0.4, -0.2) is 24.9 Å². The number of alkyl halides is 2. The fraction of sp³-hybridized carbons (Fsp3) is 0.300. The Morgan fingerprint density at radius 1 is 1.38 bits per heavy atom. The summed E-state index contributed by atoms with van der Waals surface area (Å²) in [6.07, 6.45) is 0. The molecular formula is C10H11BrF2N2O. The Morgan fingerprint density at radius 2 is 1.94 bits per heavy atom. The molecule has 0 spiro atoms. The summed E-state index contributed by atoms with van der Waals surface area (Å²) < 4.78 is 26.3. The third kappa shape index (κ3) is 3.86. The van der Waals surface area contributed by atoms with Crippen LogP contribution in [0.1, 0.15) is 10.4 Å². The Kier molecular flexibility index (Phi) is 4.37. The van der Waals surface area contributed by atoms with E-state index in [-0.39, 0.29) is 0 Å². The lowest BCUT2D eigenvalue weighted by molar-refractivity contribution is 0.0118. The quantitative estimate of drug-likeness (QED) is 0.889. The van der Waals surface area contributed by atoms with Gasteiger partial charge < -0.3 is 11.1 Å². The zero-order valence-corrected chi connectivity index (χ0v) is 9.93. The topological polar surface area (TPSA) is 55.1 Å². The number of carbonyl (C=O) groups is 1. The van der Waals surface area contributed by atoms with Crippen LogP contribution < -0.4 is 11.1 Å². The number of carbonyl (C=O) groups excluding carboxylic acids is 1. The molecule has 3 N–H and O–H groups in total. The van der Waals surface area contributed by atoms with Crippen LogP contribution >= 0.6 is 15.9 Å². The number of halogens is 3. The maximum atomic E-state index is 12.7. The molecule has 0 saturated carbocycles. The van der Waals surface area contributed by atoms with Crippen molar-refractivity contribution in [1.29, 1.82) is 0 Å². The minimum atomic E-state index is -3.06. The highest BCUT2D eigenvalue weighted by molar-refractivity contribution is 9.10. The molecule has 16 heavy (non-hydrogen) atoms. The first-order chi connectivity index (χ1) is 7.44. The van der Waals surface area contributed by atoms with Gasteiger partial charge in [-0.25, -0.2) is 8.78 Å². The Morgan fingerprint density at radius 3 is 2.44 bits per heavy atom. The molecule has 0 aliphatic heterocycles. The lowest BCUT2D eigenvalue weighted by atomic mass is 10.2. The molecule has 0 aliphatic carbocycles. The molecule has 0 fully saturated rings. The normalized spacial score (nSPS) is 11.2. The number of rotatable bonds is 4. The van der Waals surface area contributed by atoms with Crippen molar-refractivity contribution in [3.05, 3.63) is 34.3 Å². The van der Waals surface area contributed by atoms with Crippen LogP contribution in [0, 0.1) is 0 Å². The summed E-state index contributed by atoms with van der Waals surface area (Å²) in [6, 6.07) is 6.41. The van der Waals surface area contributed by atoms with E-state index in [0.717, 1.165) is 4.47 Å². The third-order valence-electron chi connectivity index (χ3n) is 1.91. The molecule has 0 atom stereocenters. The summed E-state index contributed by atoms with van der Waals surface area (Å²) in [7, 11) is 0. The predicted octanol–water partition coefficient (Wildman–Crippen LogP) is 1.77. The average molecular weight is 293 g/mol. The van der Waals surface area contributed by atoms with Gasteiger partial charge in [0, 0.05) is 10.0 Å². The van der Waals surface area contributed by atoms with Crippen LogP contribution in [0.3, 0.4) is 0 Å². The monoisotopic (exact) mass is 292 g/mol. The fourth-order valence-corrected chi connectivity index (χ4v) is 1.25. The van der Waals surface area contributed by atoms with Crippen LogP contribution in [0.2, 0.25) is 0 Å². The largest absolute Gasteiger partial charge is 0.346 e. The van der Waals surface area contributed by atoms with Crippen molar-refractivity contribution in [1.82, 2.24) is 5.32 Å². The number of amides is 1. The third-order valence-corrected chi connectivity index (χ3v) is 2.44. The van der Waals surface area contributed by atoms with Gasteiger partial charge >= 0.3 is 0 Å². The molecule has 0 bridgehead atoms. The maximum absolute atomic E-state index is 12.7. The predicted molar refractivity (Wildman–Crippen MR) is 60.5 cm³/mol. The molecule has 0 aliphatic rings. The highest BCUT2D eigenvalue weighted by atomic mass is 79.9. The zero-order chi connectivity index (χ0) is 12.2. The maximum Gasteiger partial charge on any atom is 0.277 e. The first-order valence-electron chi connectivity index (χ1n) is 4.56. The molecule has 0 radical (unpaired) electrons. The van der Waals surface area contributed by atoms with E-state index in [4.69, 9.17) is 5.73 Å². The Hall–Kier alpha value is -1.01. The molecule has 1 aromatic carbocycles. The smallest absolute Gasteiger partial charge is 0.277 e. The number of nitrogens with two attached hydrogens (primary N) is 1. The molecule has 0 aromatic heterocycles. The van der Waals surface area contributed by atoms with E-state index in [1.54, 1.807) is 24.3 Å². The van der Waals surface area contributed by atoms with Gasteiger partial charge in [0.05, 0.1) is 13.1 Å². The van der Waals surface area contributed by atoms with E-state index in [1.807, 2.05) is 0 Å². The van der Waals surface area contributed by atoms with Crippen molar-refractivity contribution in [2.75, 3.05) is 13.1 Å².